The molecule has 1 aromatic carbocycles. The lowest BCUT2D eigenvalue weighted by atomic mass is 10.1. The molecule has 2 amide bonds. The van der Waals surface area contributed by atoms with Crippen LogP contribution in [0.25, 0.3) is 0 Å². The molecule has 0 aliphatic carbocycles. The third-order valence-electron chi connectivity index (χ3n) is 3.36. The number of rotatable bonds is 8. The molecule has 6 heteroatoms. The summed E-state index contributed by atoms with van der Waals surface area (Å²) in [5.41, 5.74) is 0.753. The average molecular weight is 346 g/mol. The second kappa shape index (κ2) is 9.17. The maximum absolute atomic E-state index is 12.0. The van der Waals surface area contributed by atoms with Crippen LogP contribution in [0.1, 0.15) is 26.0 Å². The summed E-state index contributed by atoms with van der Waals surface area (Å²) in [5.74, 6) is 1.21. The summed E-state index contributed by atoms with van der Waals surface area (Å²) in [7, 11) is 0. The van der Waals surface area contributed by atoms with Crippen molar-refractivity contribution in [2.75, 3.05) is 11.1 Å². The molecule has 0 aliphatic heterocycles. The molecule has 0 fully saturated rings. The van der Waals surface area contributed by atoms with Crippen LogP contribution in [0.2, 0.25) is 0 Å². The van der Waals surface area contributed by atoms with Gasteiger partial charge in [-0.3, -0.25) is 9.59 Å². The Balaban J connectivity index is 1.69. The molecule has 1 aromatic heterocycles. The van der Waals surface area contributed by atoms with Crippen LogP contribution < -0.4 is 10.6 Å². The van der Waals surface area contributed by atoms with Crippen molar-refractivity contribution in [2.24, 2.45) is 0 Å². The second-order valence-corrected chi connectivity index (χ2v) is 6.63. The fourth-order valence-corrected chi connectivity index (χ4v) is 2.90. The van der Waals surface area contributed by atoms with E-state index in [2.05, 4.69) is 10.6 Å². The van der Waals surface area contributed by atoms with E-state index >= 15 is 0 Å². The normalized spacial score (nSPS) is 11.8. The molecule has 24 heavy (non-hydrogen) atoms. The molecule has 1 atom stereocenters. The first-order valence-electron chi connectivity index (χ1n) is 7.85. The molecule has 0 bridgehead atoms. The molecule has 0 aliphatic rings. The fraction of sp³-hybridized carbons (Fsp3) is 0.333. The Morgan fingerprint density at radius 1 is 1.21 bits per heavy atom. The SMILES string of the molecule is CC(=O)Nc1ccc(SCC(=O)N[C@H](C)CCc2ccco2)cc1. The largest absolute Gasteiger partial charge is 0.469 e. The van der Waals surface area contributed by atoms with Gasteiger partial charge in [-0.1, -0.05) is 0 Å². The molecule has 0 saturated carbocycles. The van der Waals surface area contributed by atoms with E-state index in [4.69, 9.17) is 4.42 Å². The van der Waals surface area contributed by atoms with Crippen LogP contribution in [0.15, 0.2) is 52.0 Å². The number of aryl methyl sites for hydroxylation is 1. The number of carbonyl (C=O) groups is 2. The molecule has 0 radical (unpaired) electrons. The summed E-state index contributed by atoms with van der Waals surface area (Å²) in [6, 6.07) is 11.3. The van der Waals surface area contributed by atoms with Crippen molar-refractivity contribution in [1.29, 1.82) is 0 Å². The second-order valence-electron chi connectivity index (χ2n) is 5.58. The van der Waals surface area contributed by atoms with Crippen LogP contribution in [0.5, 0.6) is 0 Å². The number of carbonyl (C=O) groups excluding carboxylic acids is 2. The summed E-state index contributed by atoms with van der Waals surface area (Å²) in [4.78, 5) is 23.9. The van der Waals surface area contributed by atoms with Gasteiger partial charge in [-0.05, 0) is 49.7 Å². The average Bonchev–Trinajstić information content (AvgIpc) is 3.05. The first-order valence-corrected chi connectivity index (χ1v) is 8.83. The highest BCUT2D eigenvalue weighted by molar-refractivity contribution is 8.00. The van der Waals surface area contributed by atoms with Crippen molar-refractivity contribution in [2.45, 2.75) is 37.6 Å². The van der Waals surface area contributed by atoms with E-state index < -0.39 is 0 Å². The Morgan fingerprint density at radius 3 is 2.58 bits per heavy atom. The highest BCUT2D eigenvalue weighted by Gasteiger charge is 2.09. The van der Waals surface area contributed by atoms with E-state index in [0.29, 0.717) is 5.75 Å². The number of benzene rings is 1. The number of anilines is 1. The molecule has 0 saturated heterocycles. The van der Waals surface area contributed by atoms with Gasteiger partial charge in [0.25, 0.3) is 0 Å². The monoisotopic (exact) mass is 346 g/mol. The Labute approximate surface area is 146 Å². The number of furan rings is 1. The van der Waals surface area contributed by atoms with Crippen LogP contribution in [0.3, 0.4) is 0 Å². The molecular formula is C18H22N2O3S. The van der Waals surface area contributed by atoms with Crippen LogP contribution in [0, 0.1) is 0 Å². The van der Waals surface area contributed by atoms with Crippen LogP contribution in [-0.4, -0.2) is 23.6 Å². The van der Waals surface area contributed by atoms with E-state index in [1.807, 2.05) is 43.3 Å². The van der Waals surface area contributed by atoms with Gasteiger partial charge in [0, 0.05) is 30.0 Å². The first-order chi connectivity index (χ1) is 11.5. The third kappa shape index (κ3) is 6.50. The summed E-state index contributed by atoms with van der Waals surface area (Å²) in [5, 5.41) is 5.71. The Morgan fingerprint density at radius 2 is 1.96 bits per heavy atom. The van der Waals surface area contributed by atoms with Gasteiger partial charge in [-0.25, -0.2) is 0 Å². The van der Waals surface area contributed by atoms with E-state index in [1.165, 1.54) is 18.7 Å². The van der Waals surface area contributed by atoms with Crippen molar-refractivity contribution in [1.82, 2.24) is 5.32 Å². The molecule has 0 unspecified atom stereocenters. The number of amides is 2. The molecule has 5 nitrogen and oxygen atoms in total. The van der Waals surface area contributed by atoms with Gasteiger partial charge in [0.1, 0.15) is 5.76 Å². The minimum absolute atomic E-state index is 0.0119. The Hall–Kier alpha value is -2.21. The van der Waals surface area contributed by atoms with Crippen molar-refractivity contribution < 1.29 is 14.0 Å². The lowest BCUT2D eigenvalue weighted by Gasteiger charge is -2.13. The van der Waals surface area contributed by atoms with Crippen molar-refractivity contribution in [3.63, 3.8) is 0 Å². The molecular weight excluding hydrogens is 324 g/mol. The number of thioether (sulfide) groups is 1. The maximum atomic E-state index is 12.0. The summed E-state index contributed by atoms with van der Waals surface area (Å²) in [6.45, 7) is 3.47. The van der Waals surface area contributed by atoms with E-state index in [-0.39, 0.29) is 17.9 Å². The Kier molecular flexibility index (Phi) is 6.93. The summed E-state index contributed by atoms with van der Waals surface area (Å²) in [6.07, 6.45) is 3.31. The van der Waals surface area contributed by atoms with E-state index in [1.54, 1.807) is 6.26 Å². The maximum Gasteiger partial charge on any atom is 0.230 e. The van der Waals surface area contributed by atoms with Gasteiger partial charge in [0.15, 0.2) is 0 Å². The molecule has 2 N–H and O–H groups in total. The molecule has 2 rings (SSSR count). The summed E-state index contributed by atoms with van der Waals surface area (Å²) < 4.78 is 5.28. The number of nitrogens with one attached hydrogen (secondary N) is 2. The minimum atomic E-state index is -0.0988. The number of hydrogen-bond acceptors (Lipinski definition) is 4. The molecule has 128 valence electrons. The zero-order valence-corrected chi connectivity index (χ0v) is 14.7. The number of hydrogen-bond donors (Lipinski definition) is 2. The van der Waals surface area contributed by atoms with Crippen molar-refractivity contribution >= 4 is 29.3 Å². The fourth-order valence-electron chi connectivity index (χ4n) is 2.19. The van der Waals surface area contributed by atoms with Crippen LogP contribution in [-0.2, 0) is 16.0 Å². The predicted molar refractivity (Wildman–Crippen MR) is 96.1 cm³/mol. The van der Waals surface area contributed by atoms with Gasteiger partial charge < -0.3 is 15.1 Å². The first kappa shape index (κ1) is 18.1. The van der Waals surface area contributed by atoms with Gasteiger partial charge in [-0.15, -0.1) is 11.8 Å². The van der Waals surface area contributed by atoms with Crippen LogP contribution in [0.4, 0.5) is 5.69 Å². The standard InChI is InChI=1S/C18H22N2O3S/c1-13(5-8-16-4-3-11-23-16)19-18(22)12-24-17-9-6-15(7-10-17)20-14(2)21/h3-4,6-7,9-11,13H,5,8,12H2,1-2H3,(H,19,22)(H,20,21)/t13-/m1/s1. The minimum Gasteiger partial charge on any atom is -0.469 e. The third-order valence-corrected chi connectivity index (χ3v) is 4.37. The molecule has 2 aromatic rings. The lowest BCUT2D eigenvalue weighted by Crippen LogP contribution is -2.34. The Bertz CT molecular complexity index is 653. The lowest BCUT2D eigenvalue weighted by molar-refractivity contribution is -0.119. The topological polar surface area (TPSA) is 71.3 Å². The zero-order valence-electron chi connectivity index (χ0n) is 13.9. The zero-order chi connectivity index (χ0) is 17.4. The van der Waals surface area contributed by atoms with Crippen LogP contribution >= 0.6 is 11.8 Å². The highest BCUT2D eigenvalue weighted by Crippen LogP contribution is 2.20. The van der Waals surface area contributed by atoms with Gasteiger partial charge in [0.2, 0.25) is 11.8 Å². The van der Waals surface area contributed by atoms with Gasteiger partial charge >= 0.3 is 0 Å². The summed E-state index contributed by atoms with van der Waals surface area (Å²) >= 11 is 1.47. The van der Waals surface area contributed by atoms with E-state index in [9.17, 15) is 9.59 Å². The van der Waals surface area contributed by atoms with Crippen molar-refractivity contribution in [3.05, 3.63) is 48.4 Å². The highest BCUT2D eigenvalue weighted by atomic mass is 32.2. The van der Waals surface area contributed by atoms with Gasteiger partial charge in [0.05, 0.1) is 12.0 Å². The van der Waals surface area contributed by atoms with Crippen molar-refractivity contribution in [3.8, 4) is 0 Å². The quantitative estimate of drug-likeness (QED) is 0.718. The molecule has 1 heterocycles. The molecule has 0 spiro atoms. The smallest absolute Gasteiger partial charge is 0.230 e. The van der Waals surface area contributed by atoms with Gasteiger partial charge in [-0.2, -0.15) is 0 Å². The van der Waals surface area contributed by atoms with E-state index in [0.717, 1.165) is 29.2 Å². The predicted octanol–water partition coefficient (Wildman–Crippen LogP) is 3.47.